The Morgan fingerprint density at radius 1 is 0.972 bits per heavy atom. The van der Waals surface area contributed by atoms with Crippen LogP contribution in [0.3, 0.4) is 0 Å². The Morgan fingerprint density at radius 3 is 2.50 bits per heavy atom. The van der Waals surface area contributed by atoms with Crippen molar-refractivity contribution in [2.24, 2.45) is 28.6 Å². The molecular weight excluding hydrogens is 460 g/mol. The van der Waals surface area contributed by atoms with E-state index in [1.165, 1.54) is 0 Å². The number of fused-ring (bicyclic) bond motifs is 7. The van der Waals surface area contributed by atoms with Gasteiger partial charge in [-0.25, -0.2) is 0 Å². The molecule has 9 aliphatic rings. The van der Waals surface area contributed by atoms with E-state index in [2.05, 4.69) is 13.5 Å². The van der Waals surface area contributed by atoms with Gasteiger partial charge in [-0.3, -0.25) is 4.79 Å². The molecule has 4 unspecified atom stereocenters. The topological polar surface area (TPSA) is 97.8 Å². The highest BCUT2D eigenvalue weighted by Gasteiger charge is 2.86. The molecule has 5 aliphatic heterocycles. The molecule has 9 rings (SSSR count). The molecule has 7 nitrogen and oxygen atoms in total. The normalized spacial score (nSPS) is 65.9. The maximum atomic E-state index is 13.5. The molecular formula is C29H38O7. The Hall–Kier alpha value is -1.25. The van der Waals surface area contributed by atoms with Crippen molar-refractivity contribution in [3.8, 4) is 0 Å². The van der Waals surface area contributed by atoms with Crippen molar-refractivity contribution in [1.29, 1.82) is 0 Å². The second-order valence-corrected chi connectivity index (χ2v) is 14.1. The van der Waals surface area contributed by atoms with Crippen LogP contribution in [0.4, 0.5) is 0 Å². The third kappa shape index (κ3) is 2.09. The maximum absolute atomic E-state index is 13.5. The summed E-state index contributed by atoms with van der Waals surface area (Å²) in [5.41, 5.74) is -4.54. The molecule has 5 heterocycles. The summed E-state index contributed by atoms with van der Waals surface area (Å²) in [4.78, 5) is 13.5. The minimum atomic E-state index is -1.04. The van der Waals surface area contributed by atoms with Crippen LogP contribution >= 0.6 is 0 Å². The number of hydrogen-bond acceptors (Lipinski definition) is 7. The third-order valence-corrected chi connectivity index (χ3v) is 12.9. The molecule has 4 aliphatic carbocycles. The second-order valence-electron chi connectivity index (χ2n) is 14.1. The first-order chi connectivity index (χ1) is 16.8. The number of rotatable bonds is 1. The number of ether oxygens (including phenoxy) is 4. The number of epoxide rings is 1. The number of carbonyl (C=O) groups is 1. The summed E-state index contributed by atoms with van der Waals surface area (Å²) < 4.78 is 27.1. The summed E-state index contributed by atoms with van der Waals surface area (Å²) in [6.45, 7) is 12.1. The average Bonchev–Trinajstić information content (AvgIpc) is 3.45. The number of aliphatic hydroxyl groups is 2. The highest BCUT2D eigenvalue weighted by atomic mass is 16.8. The summed E-state index contributed by atoms with van der Waals surface area (Å²) in [5.74, 6) is -0.349. The quantitative estimate of drug-likeness (QED) is 0.536. The highest BCUT2D eigenvalue weighted by Crippen LogP contribution is 2.76. The zero-order chi connectivity index (χ0) is 25.3. The molecule has 8 fully saturated rings. The smallest absolute Gasteiger partial charge is 0.176 e. The summed E-state index contributed by atoms with van der Waals surface area (Å²) >= 11 is 0. The molecule has 0 aromatic carbocycles. The van der Waals surface area contributed by atoms with Crippen molar-refractivity contribution < 1.29 is 34.0 Å². The molecule has 0 aromatic heterocycles. The van der Waals surface area contributed by atoms with Crippen molar-refractivity contribution >= 4 is 5.78 Å². The van der Waals surface area contributed by atoms with Gasteiger partial charge in [-0.05, 0) is 71.8 Å². The van der Waals surface area contributed by atoms with Crippen LogP contribution in [0.2, 0.25) is 0 Å². The van der Waals surface area contributed by atoms with E-state index in [1.54, 1.807) is 6.08 Å². The molecule has 7 heteroatoms. The van der Waals surface area contributed by atoms with Crippen LogP contribution in [0.1, 0.15) is 72.6 Å². The van der Waals surface area contributed by atoms with Gasteiger partial charge < -0.3 is 29.2 Å². The van der Waals surface area contributed by atoms with Crippen molar-refractivity contribution in [3.63, 3.8) is 0 Å². The molecule has 2 N–H and O–H groups in total. The van der Waals surface area contributed by atoms with E-state index in [0.717, 1.165) is 12.8 Å². The summed E-state index contributed by atoms with van der Waals surface area (Å²) in [6.07, 6.45) is 7.51. The van der Waals surface area contributed by atoms with Crippen molar-refractivity contribution in [3.05, 3.63) is 24.5 Å². The lowest BCUT2D eigenvalue weighted by molar-refractivity contribution is -0.419. The van der Waals surface area contributed by atoms with Gasteiger partial charge in [-0.1, -0.05) is 12.7 Å². The average molecular weight is 499 g/mol. The van der Waals surface area contributed by atoms with E-state index in [0.29, 0.717) is 37.9 Å². The standard InChI is InChI=1S/C29H38O7/c1-15-23(2)13-17(18(33-15)14-25(23,4)32)29-12-11-27(36-29)20-16(8-10-24(27,3)31)26(5)19(30)7-6-9-28(26)22(35-28)21(20)34-29/h6-7,16-18,20-22,31-32H,1,8-14H2,2-5H3/t16-,17+,18?,20?,21?,22+,23?,24+,25+,26-,27+,28+,29+/m0/s1. The van der Waals surface area contributed by atoms with Crippen LogP contribution in [0, 0.1) is 28.6 Å². The predicted octanol–water partition coefficient (Wildman–Crippen LogP) is 3.17. The third-order valence-electron chi connectivity index (χ3n) is 12.9. The number of ketones is 1. The molecule has 0 radical (unpaired) electrons. The monoisotopic (exact) mass is 498 g/mol. The van der Waals surface area contributed by atoms with E-state index in [-0.39, 0.29) is 41.8 Å². The lowest BCUT2D eigenvalue weighted by Gasteiger charge is -2.67. The van der Waals surface area contributed by atoms with Crippen LogP contribution in [-0.4, -0.2) is 62.5 Å². The van der Waals surface area contributed by atoms with E-state index in [4.69, 9.17) is 18.9 Å². The molecule has 13 atom stereocenters. The van der Waals surface area contributed by atoms with Gasteiger partial charge in [0.25, 0.3) is 0 Å². The first-order valence-corrected chi connectivity index (χ1v) is 13.8. The molecule has 4 bridgehead atoms. The molecule has 5 saturated heterocycles. The molecule has 0 aromatic rings. The fraction of sp³-hybridized carbons (Fsp3) is 0.828. The van der Waals surface area contributed by atoms with Crippen LogP contribution in [-0.2, 0) is 23.7 Å². The van der Waals surface area contributed by atoms with Gasteiger partial charge in [-0.2, -0.15) is 0 Å². The number of carbonyl (C=O) groups excluding carboxylic acids is 1. The maximum Gasteiger partial charge on any atom is 0.176 e. The van der Waals surface area contributed by atoms with Gasteiger partial charge in [0.2, 0.25) is 0 Å². The SMILES string of the molecule is C=C1OC2C[C@@](C)(O)C1(C)C[C@H]2[C@@]12CC[C@@]3(O1)C1C(O2)[C@H]2O[C@]24CC=CC(=O)[C@]4(C)[C@H]1CC[C@@]3(C)O. The lowest BCUT2D eigenvalue weighted by atomic mass is 9.44. The van der Waals surface area contributed by atoms with Crippen molar-refractivity contribution in [2.75, 3.05) is 0 Å². The molecule has 3 saturated carbocycles. The molecule has 36 heavy (non-hydrogen) atoms. The van der Waals surface area contributed by atoms with Gasteiger partial charge in [0, 0.05) is 18.8 Å². The summed E-state index contributed by atoms with van der Waals surface area (Å²) in [6, 6.07) is 0. The first kappa shape index (κ1) is 22.7. The summed E-state index contributed by atoms with van der Waals surface area (Å²) in [7, 11) is 0. The summed E-state index contributed by atoms with van der Waals surface area (Å²) in [5, 5.41) is 23.3. The predicted molar refractivity (Wildman–Crippen MR) is 127 cm³/mol. The van der Waals surface area contributed by atoms with Crippen molar-refractivity contribution in [2.45, 2.75) is 119 Å². The Labute approximate surface area is 212 Å². The minimum absolute atomic E-state index is 0.0205. The van der Waals surface area contributed by atoms with Crippen LogP contribution in [0.5, 0.6) is 0 Å². The van der Waals surface area contributed by atoms with E-state index < -0.39 is 39.0 Å². The van der Waals surface area contributed by atoms with Gasteiger partial charge in [0.15, 0.2) is 11.6 Å². The fourth-order valence-electron chi connectivity index (χ4n) is 10.4. The van der Waals surface area contributed by atoms with Crippen LogP contribution in [0.25, 0.3) is 0 Å². The van der Waals surface area contributed by atoms with Crippen LogP contribution in [0.15, 0.2) is 24.5 Å². The Kier molecular flexibility index (Phi) is 3.78. The number of hydrogen-bond donors (Lipinski definition) is 2. The van der Waals surface area contributed by atoms with Crippen molar-refractivity contribution in [1.82, 2.24) is 0 Å². The first-order valence-electron chi connectivity index (χ1n) is 13.8. The van der Waals surface area contributed by atoms with E-state index in [9.17, 15) is 15.0 Å². The number of allylic oxidation sites excluding steroid dienone is 1. The van der Waals surface area contributed by atoms with E-state index in [1.807, 2.05) is 26.8 Å². The minimum Gasteiger partial charge on any atom is -0.494 e. The Bertz CT molecular complexity index is 1140. The van der Waals surface area contributed by atoms with Crippen LogP contribution < -0.4 is 0 Å². The zero-order valence-corrected chi connectivity index (χ0v) is 21.7. The second kappa shape index (κ2) is 5.99. The van der Waals surface area contributed by atoms with Gasteiger partial charge in [0.1, 0.15) is 23.4 Å². The molecule has 0 amide bonds. The highest BCUT2D eigenvalue weighted by molar-refractivity contribution is 5.98. The molecule has 196 valence electrons. The van der Waals surface area contributed by atoms with Gasteiger partial charge in [-0.15, -0.1) is 0 Å². The fourth-order valence-corrected chi connectivity index (χ4v) is 10.4. The Balaban J connectivity index is 1.26. The molecule has 2 spiro atoms. The largest absolute Gasteiger partial charge is 0.494 e. The van der Waals surface area contributed by atoms with Gasteiger partial charge in [0.05, 0.1) is 39.8 Å². The zero-order valence-electron chi connectivity index (χ0n) is 21.7. The Morgan fingerprint density at radius 2 is 1.75 bits per heavy atom. The lowest BCUT2D eigenvalue weighted by Crippen LogP contribution is -2.77. The van der Waals surface area contributed by atoms with E-state index >= 15 is 0 Å². The van der Waals surface area contributed by atoms with Gasteiger partial charge >= 0.3 is 0 Å².